The molecular weight excluding hydrogens is 677 g/mol. The van der Waals surface area contributed by atoms with Gasteiger partial charge in [0, 0.05) is 28.7 Å². The standard InChI is InChI=1S/C54H32N2/c1-2-8-37-28-43(20-11-33(37)6-1)49-31-44-21-13-34-7-3-4-10-47(34)51(44)52-48(49)24-23-35-12-15-42(30-50(35)52)40-17-16-39-27-41(19-18-38(39)26-40)46-29-45-22-14-36-9-5-25-55-53(36)54(45)56-32-46/h1-32H. The summed E-state index contributed by atoms with van der Waals surface area (Å²) in [5.74, 6) is 0. The molecule has 0 N–H and O–H groups in total. The van der Waals surface area contributed by atoms with Crippen LogP contribution in [0.1, 0.15) is 0 Å². The second-order valence-electron chi connectivity index (χ2n) is 15.0. The molecule has 0 saturated heterocycles. The predicted molar refractivity (Wildman–Crippen MR) is 238 cm³/mol. The van der Waals surface area contributed by atoms with Crippen LogP contribution in [0.3, 0.4) is 0 Å². The molecule has 0 saturated carbocycles. The Kier molecular flexibility index (Phi) is 6.66. The molecule has 56 heavy (non-hydrogen) atoms. The Labute approximate surface area is 322 Å². The van der Waals surface area contributed by atoms with E-state index in [9.17, 15) is 0 Å². The number of benzene rings is 10. The summed E-state index contributed by atoms with van der Waals surface area (Å²) >= 11 is 0. The van der Waals surface area contributed by atoms with Crippen LogP contribution >= 0.6 is 0 Å². The van der Waals surface area contributed by atoms with Crippen LogP contribution in [0.4, 0.5) is 0 Å². The largest absolute Gasteiger partial charge is 0.254 e. The van der Waals surface area contributed by atoms with Gasteiger partial charge >= 0.3 is 0 Å². The molecule has 0 unspecified atom stereocenters. The molecule has 2 nitrogen and oxygen atoms in total. The van der Waals surface area contributed by atoms with Gasteiger partial charge < -0.3 is 0 Å². The lowest BCUT2D eigenvalue weighted by atomic mass is 9.87. The van der Waals surface area contributed by atoms with Gasteiger partial charge in [-0.25, -0.2) is 0 Å². The van der Waals surface area contributed by atoms with Crippen molar-refractivity contribution in [2.24, 2.45) is 0 Å². The Balaban J connectivity index is 1.02. The smallest absolute Gasteiger partial charge is 0.0964 e. The van der Waals surface area contributed by atoms with Gasteiger partial charge in [-0.3, -0.25) is 9.97 Å². The minimum Gasteiger partial charge on any atom is -0.254 e. The van der Waals surface area contributed by atoms with E-state index < -0.39 is 0 Å². The molecular formula is C54H32N2. The molecule has 0 fully saturated rings. The Hall–Kier alpha value is -7.42. The summed E-state index contributed by atoms with van der Waals surface area (Å²) in [6, 6.07) is 67.0. The zero-order valence-electron chi connectivity index (χ0n) is 30.4. The van der Waals surface area contributed by atoms with Crippen molar-refractivity contribution in [1.29, 1.82) is 0 Å². The monoisotopic (exact) mass is 708 g/mol. The molecule has 0 radical (unpaired) electrons. The van der Waals surface area contributed by atoms with Gasteiger partial charge in [-0.15, -0.1) is 0 Å². The number of aromatic nitrogens is 2. The molecule has 12 aromatic rings. The number of fused-ring (bicyclic) bond motifs is 12. The summed E-state index contributed by atoms with van der Waals surface area (Å²) in [5, 5.41) is 17.3. The molecule has 258 valence electrons. The highest BCUT2D eigenvalue weighted by Gasteiger charge is 2.16. The van der Waals surface area contributed by atoms with Gasteiger partial charge in [0.15, 0.2) is 0 Å². The number of hydrogen-bond acceptors (Lipinski definition) is 2. The van der Waals surface area contributed by atoms with Crippen LogP contribution in [0.2, 0.25) is 0 Å². The fourth-order valence-corrected chi connectivity index (χ4v) is 9.01. The lowest BCUT2D eigenvalue weighted by molar-refractivity contribution is 1.37. The first-order valence-electron chi connectivity index (χ1n) is 19.2. The average Bonchev–Trinajstić information content (AvgIpc) is 3.27. The first kappa shape index (κ1) is 31.0. The van der Waals surface area contributed by atoms with Gasteiger partial charge in [0.1, 0.15) is 0 Å². The molecule has 0 aliphatic heterocycles. The van der Waals surface area contributed by atoms with E-state index in [0.29, 0.717) is 0 Å². The lowest BCUT2D eigenvalue weighted by Crippen LogP contribution is -1.89. The highest BCUT2D eigenvalue weighted by atomic mass is 14.7. The number of rotatable bonds is 3. The first-order chi connectivity index (χ1) is 27.7. The Morgan fingerprint density at radius 2 is 0.804 bits per heavy atom. The number of hydrogen-bond donors (Lipinski definition) is 0. The highest BCUT2D eigenvalue weighted by Crippen LogP contribution is 2.43. The van der Waals surface area contributed by atoms with Gasteiger partial charge in [0.05, 0.1) is 11.0 Å². The van der Waals surface area contributed by atoms with Crippen molar-refractivity contribution >= 4 is 86.4 Å². The van der Waals surface area contributed by atoms with Crippen LogP contribution in [-0.4, -0.2) is 9.97 Å². The van der Waals surface area contributed by atoms with Crippen LogP contribution in [0.5, 0.6) is 0 Å². The third-order valence-corrected chi connectivity index (χ3v) is 11.8. The summed E-state index contributed by atoms with van der Waals surface area (Å²) in [7, 11) is 0. The summed E-state index contributed by atoms with van der Waals surface area (Å²) in [5.41, 5.74) is 9.04. The quantitative estimate of drug-likeness (QED) is 0.171. The molecule has 0 bridgehead atoms. The fourth-order valence-electron chi connectivity index (χ4n) is 9.01. The van der Waals surface area contributed by atoms with E-state index in [1.54, 1.807) is 0 Å². The van der Waals surface area contributed by atoms with Crippen molar-refractivity contribution in [2.75, 3.05) is 0 Å². The van der Waals surface area contributed by atoms with Gasteiger partial charge in [-0.1, -0.05) is 140 Å². The van der Waals surface area contributed by atoms with Crippen LogP contribution in [0.25, 0.3) is 120 Å². The van der Waals surface area contributed by atoms with E-state index in [1.807, 2.05) is 18.5 Å². The fraction of sp³-hybridized carbons (Fsp3) is 0. The molecule has 10 aromatic carbocycles. The van der Waals surface area contributed by atoms with E-state index in [0.717, 1.165) is 32.9 Å². The zero-order valence-corrected chi connectivity index (χ0v) is 30.4. The van der Waals surface area contributed by atoms with E-state index in [-0.39, 0.29) is 0 Å². The maximum atomic E-state index is 4.87. The second-order valence-corrected chi connectivity index (χ2v) is 15.0. The first-order valence-corrected chi connectivity index (χ1v) is 19.2. The maximum absolute atomic E-state index is 4.87. The Bertz CT molecular complexity index is 3600. The summed E-state index contributed by atoms with van der Waals surface area (Å²) in [6.45, 7) is 0. The topological polar surface area (TPSA) is 25.8 Å². The van der Waals surface area contributed by atoms with Crippen molar-refractivity contribution < 1.29 is 0 Å². The summed E-state index contributed by atoms with van der Waals surface area (Å²) in [4.78, 5) is 9.48. The van der Waals surface area contributed by atoms with Crippen molar-refractivity contribution in [3.63, 3.8) is 0 Å². The molecule has 2 aromatic heterocycles. The lowest BCUT2D eigenvalue weighted by Gasteiger charge is -2.16. The van der Waals surface area contributed by atoms with Gasteiger partial charge in [0.2, 0.25) is 0 Å². The van der Waals surface area contributed by atoms with Crippen LogP contribution in [-0.2, 0) is 0 Å². The Morgan fingerprint density at radius 1 is 0.268 bits per heavy atom. The molecule has 12 rings (SSSR count). The normalized spacial score (nSPS) is 11.9. The van der Waals surface area contributed by atoms with Crippen molar-refractivity contribution in [3.05, 3.63) is 194 Å². The highest BCUT2D eigenvalue weighted by molar-refractivity contribution is 6.30. The van der Waals surface area contributed by atoms with Crippen LogP contribution in [0, 0.1) is 0 Å². The molecule has 2 heterocycles. The molecule has 2 heteroatoms. The van der Waals surface area contributed by atoms with Crippen LogP contribution in [0.15, 0.2) is 194 Å². The van der Waals surface area contributed by atoms with E-state index in [4.69, 9.17) is 4.98 Å². The molecule has 0 spiro atoms. The minimum absolute atomic E-state index is 0.937. The van der Waals surface area contributed by atoms with Gasteiger partial charge in [0.25, 0.3) is 0 Å². The molecule has 0 amide bonds. The van der Waals surface area contributed by atoms with Crippen LogP contribution < -0.4 is 0 Å². The van der Waals surface area contributed by atoms with Crippen molar-refractivity contribution in [3.8, 4) is 33.4 Å². The van der Waals surface area contributed by atoms with Gasteiger partial charge in [-0.2, -0.15) is 0 Å². The number of pyridine rings is 2. The van der Waals surface area contributed by atoms with E-state index in [1.165, 1.54) is 86.9 Å². The van der Waals surface area contributed by atoms with Gasteiger partial charge in [-0.05, 0) is 135 Å². The van der Waals surface area contributed by atoms with Crippen molar-refractivity contribution in [1.82, 2.24) is 9.97 Å². The zero-order chi connectivity index (χ0) is 36.7. The summed E-state index contributed by atoms with van der Waals surface area (Å²) in [6.07, 6.45) is 3.81. The third kappa shape index (κ3) is 4.83. The second kappa shape index (κ2) is 12.0. The molecule has 0 aliphatic carbocycles. The van der Waals surface area contributed by atoms with Crippen molar-refractivity contribution in [2.45, 2.75) is 0 Å². The third-order valence-electron chi connectivity index (χ3n) is 11.8. The molecule has 0 atom stereocenters. The Morgan fingerprint density at radius 3 is 1.68 bits per heavy atom. The SMILES string of the molecule is c1ccc2cc(-c3cc4ccc5ccccc5c4c4c3ccc3ccc(-c5ccc6cc(-c7cnc8c(ccc9cccnc98)c7)ccc6c5)cc34)ccc2c1. The molecule has 0 aliphatic rings. The predicted octanol–water partition coefficient (Wildman–Crippen LogP) is 14.7. The van der Waals surface area contributed by atoms with E-state index in [2.05, 4.69) is 181 Å². The maximum Gasteiger partial charge on any atom is 0.0964 e. The summed E-state index contributed by atoms with van der Waals surface area (Å²) < 4.78 is 0. The number of nitrogens with zero attached hydrogens (tertiary/aromatic N) is 2. The van der Waals surface area contributed by atoms with E-state index >= 15 is 0 Å². The average molecular weight is 709 g/mol. The minimum atomic E-state index is 0.937.